The number of hydrogen-bond donors (Lipinski definition) is 2. The van der Waals surface area contributed by atoms with Crippen molar-refractivity contribution in [2.75, 3.05) is 18.5 Å². The average Bonchev–Trinajstić information content (AvgIpc) is 2.63. The summed E-state index contributed by atoms with van der Waals surface area (Å²) in [4.78, 5) is 16.7. The van der Waals surface area contributed by atoms with E-state index in [1.165, 1.54) is 12.1 Å². The monoisotopic (exact) mass is 422 g/mol. The van der Waals surface area contributed by atoms with E-state index >= 15 is 0 Å². The van der Waals surface area contributed by atoms with Crippen molar-refractivity contribution in [1.82, 2.24) is 0 Å². The third-order valence-electron chi connectivity index (χ3n) is 4.48. The molecule has 0 bridgehead atoms. The molecule has 7 nitrogen and oxygen atoms in total. The number of aliphatic imine (C=N–C) groups is 1. The number of anilines is 1. The molecule has 2 N–H and O–H groups in total. The Morgan fingerprint density at radius 2 is 1.90 bits per heavy atom. The Balaban J connectivity index is 3.11. The van der Waals surface area contributed by atoms with Gasteiger partial charge in [0, 0.05) is 37.1 Å². The number of allylic oxidation sites excluding steroid dienone is 4. The summed E-state index contributed by atoms with van der Waals surface area (Å²) in [6.45, 7) is 6.30. The highest BCUT2D eigenvalue weighted by atomic mass is 32.2. The number of benzene rings is 1. The van der Waals surface area contributed by atoms with Crippen molar-refractivity contribution in [2.45, 2.75) is 51.3 Å². The molecule has 1 aromatic rings. The average molecular weight is 423 g/mol. The molecule has 29 heavy (non-hydrogen) atoms. The van der Waals surface area contributed by atoms with Crippen LogP contribution in [0.2, 0.25) is 0 Å². The van der Waals surface area contributed by atoms with Crippen molar-refractivity contribution in [1.29, 1.82) is 0 Å². The molecule has 1 aromatic carbocycles. The molecule has 0 aliphatic rings. The van der Waals surface area contributed by atoms with E-state index in [2.05, 4.69) is 9.89 Å². The molecule has 0 fully saturated rings. The van der Waals surface area contributed by atoms with Crippen LogP contribution in [-0.2, 0) is 14.9 Å². The number of carbonyl (C=O) groups is 1. The fourth-order valence-electron chi connectivity index (χ4n) is 2.79. The van der Waals surface area contributed by atoms with Gasteiger partial charge in [0.05, 0.1) is 4.90 Å². The van der Waals surface area contributed by atoms with Crippen molar-refractivity contribution in [3.63, 3.8) is 0 Å². The highest BCUT2D eigenvalue weighted by Crippen LogP contribution is 2.27. The van der Waals surface area contributed by atoms with E-state index < -0.39 is 16.1 Å². The number of aryl methyl sites for hydroxylation is 1. The molecular formula is C21H30N2O5S. The normalized spacial score (nSPS) is 13.1. The van der Waals surface area contributed by atoms with E-state index in [-0.39, 0.29) is 11.3 Å². The molecule has 8 heteroatoms. The van der Waals surface area contributed by atoms with Gasteiger partial charge < -0.3 is 10.0 Å². The summed E-state index contributed by atoms with van der Waals surface area (Å²) in [6, 6.07) is 4.50. The molecule has 0 atom stereocenters. The maximum absolute atomic E-state index is 11.4. The summed E-state index contributed by atoms with van der Waals surface area (Å²) >= 11 is 0. The van der Waals surface area contributed by atoms with Crippen molar-refractivity contribution in [3.05, 3.63) is 47.7 Å². The fourth-order valence-corrected chi connectivity index (χ4v) is 3.36. The van der Waals surface area contributed by atoms with Gasteiger partial charge in [-0.15, -0.1) is 0 Å². The smallest absolute Gasteiger partial charge is 0.303 e. The molecular weight excluding hydrogens is 392 g/mol. The summed E-state index contributed by atoms with van der Waals surface area (Å²) in [5, 5.41) is 8.77. The minimum Gasteiger partial charge on any atom is -0.481 e. The topological polar surface area (TPSA) is 107 Å². The maximum Gasteiger partial charge on any atom is 0.303 e. The number of carboxylic acids is 1. The highest BCUT2D eigenvalue weighted by Gasteiger charge is 2.15. The lowest BCUT2D eigenvalue weighted by Gasteiger charge is -2.27. The first kappa shape index (κ1) is 24.6. The molecule has 0 spiro atoms. The molecule has 0 amide bonds. The second-order valence-electron chi connectivity index (χ2n) is 6.81. The van der Waals surface area contributed by atoms with Gasteiger partial charge in [0.2, 0.25) is 0 Å². The van der Waals surface area contributed by atoms with Gasteiger partial charge in [-0.1, -0.05) is 12.5 Å². The molecule has 0 saturated heterocycles. The summed E-state index contributed by atoms with van der Waals surface area (Å²) in [7, 11) is -2.54. The molecule has 160 valence electrons. The first-order chi connectivity index (χ1) is 13.6. The Morgan fingerprint density at radius 1 is 1.21 bits per heavy atom. The van der Waals surface area contributed by atoms with Crippen LogP contribution >= 0.6 is 0 Å². The minimum absolute atomic E-state index is 0.142. The number of nitrogens with zero attached hydrogens (tertiary/aromatic N) is 2. The third-order valence-corrected chi connectivity index (χ3v) is 5.33. The van der Waals surface area contributed by atoms with Crippen molar-refractivity contribution < 1.29 is 22.9 Å². The zero-order valence-electron chi connectivity index (χ0n) is 17.4. The Morgan fingerprint density at radius 3 is 2.45 bits per heavy atom. The SMILES string of the molecule is C\N=C(C)/C=C/C=C(\C)N(CCCCCC(=O)O)c1ccc(S(=O)(=O)O)cc1C. The number of rotatable bonds is 11. The van der Waals surface area contributed by atoms with Gasteiger partial charge in [-0.05, 0) is 69.5 Å². The first-order valence-electron chi connectivity index (χ1n) is 9.42. The van der Waals surface area contributed by atoms with Crippen LogP contribution in [0.5, 0.6) is 0 Å². The molecule has 0 radical (unpaired) electrons. The molecule has 1 rings (SSSR count). The first-order valence-corrected chi connectivity index (χ1v) is 10.9. The number of aliphatic carboxylic acids is 1. The third kappa shape index (κ3) is 8.62. The van der Waals surface area contributed by atoms with Crippen LogP contribution in [0.25, 0.3) is 0 Å². The zero-order chi connectivity index (χ0) is 22.0. The van der Waals surface area contributed by atoms with Crippen molar-refractivity contribution >= 4 is 27.5 Å². The molecule has 0 unspecified atom stereocenters. The summed E-state index contributed by atoms with van der Waals surface area (Å²) in [6.07, 6.45) is 8.06. The Bertz CT molecular complexity index is 902. The second kappa shape index (κ2) is 11.5. The standard InChI is InChI=1S/C21H30N2O5S/c1-16-15-19(29(26,27)28)12-13-20(16)23(14-7-5-6-11-21(24)25)18(3)10-8-9-17(2)22-4/h8-10,12-13,15H,5-7,11,14H2,1-4H3,(H,24,25)(H,26,27,28)/b9-8+,18-10+,22-17-. The largest absolute Gasteiger partial charge is 0.481 e. The number of hydrogen-bond acceptors (Lipinski definition) is 5. The van der Waals surface area contributed by atoms with Gasteiger partial charge in [0.25, 0.3) is 10.1 Å². The van der Waals surface area contributed by atoms with Gasteiger partial charge in [0.15, 0.2) is 0 Å². The van der Waals surface area contributed by atoms with E-state index in [1.54, 1.807) is 20.0 Å². The maximum atomic E-state index is 11.4. The summed E-state index contributed by atoms with van der Waals surface area (Å²) in [5.41, 5.74) is 3.39. The molecule has 0 heterocycles. The van der Waals surface area contributed by atoms with Crippen LogP contribution in [0.3, 0.4) is 0 Å². The fraction of sp³-hybridized carbons (Fsp3) is 0.429. The van der Waals surface area contributed by atoms with E-state index in [4.69, 9.17) is 5.11 Å². The summed E-state index contributed by atoms with van der Waals surface area (Å²) in [5.74, 6) is -0.798. The van der Waals surface area contributed by atoms with Gasteiger partial charge in [-0.3, -0.25) is 14.3 Å². The lowest BCUT2D eigenvalue weighted by molar-refractivity contribution is -0.137. The Labute approximate surface area is 173 Å². The van der Waals surface area contributed by atoms with E-state index in [0.717, 1.165) is 29.9 Å². The Hall–Kier alpha value is -2.45. The van der Waals surface area contributed by atoms with Crippen molar-refractivity contribution in [2.24, 2.45) is 4.99 Å². The molecule has 0 aliphatic carbocycles. The zero-order valence-corrected chi connectivity index (χ0v) is 18.2. The predicted molar refractivity (Wildman–Crippen MR) is 116 cm³/mol. The number of carboxylic acid groups (broad SMARTS) is 1. The summed E-state index contributed by atoms with van der Waals surface area (Å²) < 4.78 is 32.1. The quantitative estimate of drug-likeness (QED) is 0.239. The lowest BCUT2D eigenvalue weighted by atomic mass is 10.1. The van der Waals surface area contributed by atoms with Gasteiger partial charge in [-0.2, -0.15) is 8.42 Å². The van der Waals surface area contributed by atoms with Crippen LogP contribution in [0.1, 0.15) is 45.1 Å². The molecule has 0 aliphatic heterocycles. The van der Waals surface area contributed by atoms with E-state index in [0.29, 0.717) is 18.5 Å². The second-order valence-corrected chi connectivity index (χ2v) is 8.23. The van der Waals surface area contributed by atoms with E-state index in [9.17, 15) is 17.8 Å². The van der Waals surface area contributed by atoms with Crippen LogP contribution < -0.4 is 4.90 Å². The van der Waals surface area contributed by atoms with Gasteiger partial charge in [-0.25, -0.2) is 0 Å². The Kier molecular flexibility index (Phi) is 9.77. The number of unbranched alkanes of at least 4 members (excludes halogenated alkanes) is 2. The minimum atomic E-state index is -4.26. The van der Waals surface area contributed by atoms with E-state index in [1.807, 2.05) is 32.1 Å². The molecule has 0 saturated carbocycles. The van der Waals surface area contributed by atoms with Crippen LogP contribution in [0.4, 0.5) is 5.69 Å². The lowest BCUT2D eigenvalue weighted by Crippen LogP contribution is -2.23. The van der Waals surface area contributed by atoms with Gasteiger partial charge >= 0.3 is 5.97 Å². The van der Waals surface area contributed by atoms with Crippen LogP contribution in [0.15, 0.2) is 52.0 Å². The van der Waals surface area contributed by atoms with Crippen LogP contribution in [0, 0.1) is 6.92 Å². The van der Waals surface area contributed by atoms with Gasteiger partial charge in [0.1, 0.15) is 0 Å². The predicted octanol–water partition coefficient (Wildman–Crippen LogP) is 4.24. The van der Waals surface area contributed by atoms with Crippen molar-refractivity contribution in [3.8, 4) is 0 Å². The molecule has 0 aromatic heterocycles. The van der Waals surface area contributed by atoms with Crippen LogP contribution in [-0.4, -0.2) is 43.4 Å². The highest BCUT2D eigenvalue weighted by molar-refractivity contribution is 7.85.